The standard InChI is InChI=1S/C26H25N3O7S/c1-5-35-23-18(8-7-9-19(23)34-4)22-21(25(31)36-6-2)15(3)27-26-28(22)24(30)20(37-26)14-16-10-12-17(13-11-16)29(32)33/h7-14,22H,5-6H2,1-4H3/b20-14+/t22-/m0/s1. The van der Waals surface area contributed by atoms with Crippen molar-refractivity contribution >= 4 is 29.1 Å². The van der Waals surface area contributed by atoms with Gasteiger partial charge in [0, 0.05) is 17.7 Å². The summed E-state index contributed by atoms with van der Waals surface area (Å²) in [6.45, 7) is 5.74. The molecule has 3 aromatic rings. The molecule has 37 heavy (non-hydrogen) atoms. The molecule has 4 rings (SSSR count). The zero-order valence-electron chi connectivity index (χ0n) is 20.7. The lowest BCUT2D eigenvalue weighted by Crippen LogP contribution is -2.40. The molecule has 0 bridgehead atoms. The van der Waals surface area contributed by atoms with Gasteiger partial charge in [-0.05, 0) is 50.6 Å². The number of nitro groups is 1. The third-order valence-corrected chi connectivity index (χ3v) is 6.71. The van der Waals surface area contributed by atoms with E-state index in [4.69, 9.17) is 14.2 Å². The molecule has 0 saturated heterocycles. The van der Waals surface area contributed by atoms with E-state index in [1.54, 1.807) is 50.3 Å². The van der Waals surface area contributed by atoms with Crippen LogP contribution in [0, 0.1) is 10.1 Å². The lowest BCUT2D eigenvalue weighted by molar-refractivity contribution is -0.384. The molecular weight excluding hydrogens is 498 g/mol. The van der Waals surface area contributed by atoms with Crippen molar-refractivity contribution in [3.8, 4) is 11.5 Å². The van der Waals surface area contributed by atoms with Crippen LogP contribution < -0.4 is 24.4 Å². The maximum Gasteiger partial charge on any atom is 0.338 e. The fourth-order valence-electron chi connectivity index (χ4n) is 4.14. The number of rotatable bonds is 8. The quantitative estimate of drug-likeness (QED) is 0.253. The summed E-state index contributed by atoms with van der Waals surface area (Å²) in [7, 11) is 1.52. The maximum atomic E-state index is 13.8. The molecule has 1 aliphatic heterocycles. The average Bonchev–Trinajstić information content (AvgIpc) is 3.18. The normalized spacial score (nSPS) is 15.1. The first-order valence-corrected chi connectivity index (χ1v) is 12.4. The van der Waals surface area contributed by atoms with Gasteiger partial charge in [0.1, 0.15) is 6.04 Å². The Balaban J connectivity index is 1.98. The van der Waals surface area contributed by atoms with Gasteiger partial charge in [0.05, 0.1) is 41.0 Å². The summed E-state index contributed by atoms with van der Waals surface area (Å²) in [5.41, 5.74) is 1.41. The number of esters is 1. The molecule has 11 heteroatoms. The van der Waals surface area contributed by atoms with Gasteiger partial charge in [0.25, 0.3) is 11.2 Å². The fourth-order valence-corrected chi connectivity index (χ4v) is 5.18. The van der Waals surface area contributed by atoms with E-state index in [1.807, 2.05) is 6.92 Å². The number of para-hydroxylation sites is 1. The monoisotopic (exact) mass is 523 g/mol. The smallest absolute Gasteiger partial charge is 0.338 e. The first kappa shape index (κ1) is 25.8. The highest BCUT2D eigenvalue weighted by atomic mass is 32.1. The molecule has 0 aliphatic carbocycles. The number of carbonyl (C=O) groups excluding carboxylic acids is 1. The minimum Gasteiger partial charge on any atom is -0.493 e. The summed E-state index contributed by atoms with van der Waals surface area (Å²) in [5, 5.41) is 11.0. The molecule has 2 heterocycles. The number of non-ortho nitro benzene ring substituents is 1. The van der Waals surface area contributed by atoms with Gasteiger partial charge in [-0.1, -0.05) is 23.5 Å². The molecule has 1 aliphatic rings. The number of aromatic nitrogens is 1. The molecular formula is C26H25N3O7S. The second kappa shape index (κ2) is 10.8. The van der Waals surface area contributed by atoms with Gasteiger partial charge in [-0.2, -0.15) is 0 Å². The van der Waals surface area contributed by atoms with Crippen molar-refractivity contribution in [3.05, 3.63) is 94.7 Å². The summed E-state index contributed by atoms with van der Waals surface area (Å²) in [6, 6.07) is 10.3. The van der Waals surface area contributed by atoms with Crippen LogP contribution >= 0.6 is 11.3 Å². The highest BCUT2D eigenvalue weighted by Gasteiger charge is 2.35. The van der Waals surface area contributed by atoms with Crippen molar-refractivity contribution < 1.29 is 23.9 Å². The van der Waals surface area contributed by atoms with Crippen LogP contribution in [-0.2, 0) is 9.53 Å². The summed E-state index contributed by atoms with van der Waals surface area (Å²) in [6.07, 6.45) is 1.64. The SMILES string of the molecule is CCOC(=O)C1=C(C)N=c2s/c(=C/c3ccc([N+](=O)[O-])cc3)c(=O)n2[C@H]1c1cccc(OC)c1OCC. The van der Waals surface area contributed by atoms with Crippen LogP contribution in [0.15, 0.2) is 63.5 Å². The van der Waals surface area contributed by atoms with Crippen LogP contribution in [0.3, 0.4) is 0 Å². The van der Waals surface area contributed by atoms with E-state index in [0.717, 1.165) is 11.3 Å². The molecule has 0 fully saturated rings. The number of nitrogens with zero attached hydrogens (tertiary/aromatic N) is 3. The van der Waals surface area contributed by atoms with Crippen molar-refractivity contribution in [1.29, 1.82) is 0 Å². The minimum atomic E-state index is -0.869. The van der Waals surface area contributed by atoms with Crippen LogP contribution in [0.5, 0.6) is 11.5 Å². The number of hydrogen-bond acceptors (Lipinski definition) is 9. The zero-order chi connectivity index (χ0) is 26.7. The van der Waals surface area contributed by atoms with E-state index in [2.05, 4.69) is 4.99 Å². The molecule has 0 unspecified atom stereocenters. The highest BCUT2D eigenvalue weighted by molar-refractivity contribution is 7.07. The molecule has 0 spiro atoms. The van der Waals surface area contributed by atoms with Crippen molar-refractivity contribution in [2.75, 3.05) is 20.3 Å². The third-order valence-electron chi connectivity index (χ3n) is 5.73. The molecule has 1 aromatic heterocycles. The molecule has 0 amide bonds. The van der Waals surface area contributed by atoms with E-state index in [-0.39, 0.29) is 23.4 Å². The second-order valence-corrected chi connectivity index (χ2v) is 8.97. The molecule has 0 radical (unpaired) electrons. The Morgan fingerprint density at radius 1 is 1.19 bits per heavy atom. The number of ether oxygens (including phenoxy) is 3. The summed E-state index contributed by atoms with van der Waals surface area (Å²) >= 11 is 1.16. The van der Waals surface area contributed by atoms with Gasteiger partial charge < -0.3 is 14.2 Å². The fraction of sp³-hybridized carbons (Fsp3) is 0.269. The lowest BCUT2D eigenvalue weighted by atomic mass is 9.94. The Hall–Kier alpha value is -4.25. The summed E-state index contributed by atoms with van der Waals surface area (Å²) in [5.74, 6) is 0.299. The van der Waals surface area contributed by atoms with E-state index in [0.29, 0.717) is 44.3 Å². The predicted molar refractivity (Wildman–Crippen MR) is 138 cm³/mol. The van der Waals surface area contributed by atoms with Crippen LogP contribution in [-0.4, -0.2) is 35.8 Å². The first-order chi connectivity index (χ1) is 17.8. The number of allylic oxidation sites excluding steroid dienone is 1. The van der Waals surface area contributed by atoms with Crippen molar-refractivity contribution in [2.24, 2.45) is 4.99 Å². The maximum absolute atomic E-state index is 13.8. The third kappa shape index (κ3) is 4.90. The highest BCUT2D eigenvalue weighted by Crippen LogP contribution is 2.40. The first-order valence-electron chi connectivity index (χ1n) is 11.5. The molecule has 10 nitrogen and oxygen atoms in total. The number of hydrogen-bond donors (Lipinski definition) is 0. The molecule has 2 aromatic carbocycles. The van der Waals surface area contributed by atoms with Crippen LogP contribution in [0.1, 0.15) is 37.9 Å². The largest absolute Gasteiger partial charge is 0.493 e. The summed E-state index contributed by atoms with van der Waals surface area (Å²) < 4.78 is 18.6. The number of fused-ring (bicyclic) bond motifs is 1. The van der Waals surface area contributed by atoms with Crippen molar-refractivity contribution in [1.82, 2.24) is 4.57 Å². The Morgan fingerprint density at radius 2 is 1.92 bits per heavy atom. The Bertz CT molecular complexity index is 1570. The van der Waals surface area contributed by atoms with E-state index in [1.165, 1.54) is 23.8 Å². The second-order valence-electron chi connectivity index (χ2n) is 7.96. The van der Waals surface area contributed by atoms with Gasteiger partial charge in [-0.15, -0.1) is 0 Å². The van der Waals surface area contributed by atoms with E-state index < -0.39 is 16.9 Å². The van der Waals surface area contributed by atoms with Gasteiger partial charge in [0.2, 0.25) is 0 Å². The summed E-state index contributed by atoms with van der Waals surface area (Å²) in [4.78, 5) is 42.4. The number of methoxy groups -OCH3 is 1. The topological polar surface area (TPSA) is 122 Å². The van der Waals surface area contributed by atoms with Gasteiger partial charge in [-0.25, -0.2) is 9.79 Å². The van der Waals surface area contributed by atoms with Crippen LogP contribution in [0.25, 0.3) is 6.08 Å². The van der Waals surface area contributed by atoms with E-state index in [9.17, 15) is 19.7 Å². The number of benzene rings is 2. The van der Waals surface area contributed by atoms with Crippen LogP contribution in [0.2, 0.25) is 0 Å². The zero-order valence-corrected chi connectivity index (χ0v) is 21.5. The lowest BCUT2D eigenvalue weighted by Gasteiger charge is -2.26. The number of carbonyl (C=O) groups is 1. The van der Waals surface area contributed by atoms with Gasteiger partial charge in [-0.3, -0.25) is 19.5 Å². The van der Waals surface area contributed by atoms with E-state index >= 15 is 0 Å². The average molecular weight is 524 g/mol. The van der Waals surface area contributed by atoms with Gasteiger partial charge >= 0.3 is 5.97 Å². The molecule has 0 saturated carbocycles. The predicted octanol–water partition coefficient (Wildman–Crippen LogP) is 3.11. The Labute approximate surface area is 215 Å². The number of thiazole rings is 1. The van der Waals surface area contributed by atoms with Crippen LogP contribution in [0.4, 0.5) is 5.69 Å². The van der Waals surface area contributed by atoms with Crippen molar-refractivity contribution in [3.63, 3.8) is 0 Å². The number of nitro benzene ring substituents is 1. The Morgan fingerprint density at radius 3 is 2.54 bits per heavy atom. The molecule has 192 valence electrons. The van der Waals surface area contributed by atoms with Crippen molar-refractivity contribution in [2.45, 2.75) is 26.8 Å². The molecule has 1 atom stereocenters. The van der Waals surface area contributed by atoms with Gasteiger partial charge in [0.15, 0.2) is 16.3 Å². The molecule has 0 N–H and O–H groups in total. The minimum absolute atomic E-state index is 0.0465. The Kier molecular flexibility index (Phi) is 7.53.